The van der Waals surface area contributed by atoms with Crippen molar-refractivity contribution in [1.82, 2.24) is 9.97 Å². The van der Waals surface area contributed by atoms with Crippen molar-refractivity contribution in [2.75, 3.05) is 0 Å². The number of ether oxygens (including phenoxy) is 1. The van der Waals surface area contributed by atoms with E-state index in [9.17, 15) is 4.79 Å². The zero-order valence-electron chi connectivity index (χ0n) is 10.4. The first-order valence-electron chi connectivity index (χ1n) is 5.95. The van der Waals surface area contributed by atoms with Gasteiger partial charge in [-0.15, -0.1) is 0 Å². The van der Waals surface area contributed by atoms with Gasteiger partial charge in [-0.1, -0.05) is 18.2 Å². The lowest BCUT2D eigenvalue weighted by Crippen LogP contribution is -1.92. The largest absolute Gasteiger partial charge is 0.457 e. The maximum Gasteiger partial charge on any atom is 0.162 e. The van der Waals surface area contributed by atoms with Gasteiger partial charge in [-0.25, -0.2) is 4.98 Å². The van der Waals surface area contributed by atoms with Crippen molar-refractivity contribution in [2.24, 2.45) is 0 Å². The average Bonchev–Trinajstić information content (AvgIpc) is 2.85. The molecule has 94 valence electrons. The summed E-state index contributed by atoms with van der Waals surface area (Å²) in [6, 6.07) is 11.2. The molecule has 1 N–H and O–H groups in total. The predicted molar refractivity (Wildman–Crippen MR) is 72.6 cm³/mol. The predicted octanol–water partition coefficient (Wildman–Crippen LogP) is 3.56. The monoisotopic (exact) mass is 252 g/mol. The summed E-state index contributed by atoms with van der Waals surface area (Å²) in [7, 11) is 0. The van der Waals surface area contributed by atoms with E-state index in [2.05, 4.69) is 9.97 Å². The lowest BCUT2D eigenvalue weighted by Gasteiger charge is -2.07. The molecule has 0 unspecified atom stereocenters. The molecule has 2 aromatic heterocycles. The highest BCUT2D eigenvalue weighted by atomic mass is 16.5. The summed E-state index contributed by atoms with van der Waals surface area (Å²) in [5, 5.41) is 0.721. The summed E-state index contributed by atoms with van der Waals surface area (Å²) in [6.07, 6.45) is 3.32. The van der Waals surface area contributed by atoms with E-state index in [0.717, 1.165) is 11.1 Å². The molecule has 19 heavy (non-hydrogen) atoms. The Bertz CT molecular complexity index is 732. The van der Waals surface area contributed by atoms with Crippen LogP contribution in [0.4, 0.5) is 0 Å². The Morgan fingerprint density at radius 3 is 2.74 bits per heavy atom. The van der Waals surface area contributed by atoms with E-state index in [1.54, 1.807) is 18.5 Å². The maximum atomic E-state index is 11.6. The van der Waals surface area contributed by atoms with Crippen LogP contribution in [0.1, 0.15) is 17.3 Å². The molecule has 3 aromatic rings. The summed E-state index contributed by atoms with van der Waals surface area (Å²) < 4.78 is 5.83. The number of hydrogen-bond acceptors (Lipinski definition) is 3. The van der Waals surface area contributed by atoms with Crippen LogP contribution in [0.15, 0.2) is 48.8 Å². The van der Waals surface area contributed by atoms with Crippen LogP contribution in [0.3, 0.4) is 0 Å². The molecule has 0 spiro atoms. The third-order valence-corrected chi connectivity index (χ3v) is 2.89. The number of nitrogens with one attached hydrogen (secondary N) is 1. The highest BCUT2D eigenvalue weighted by molar-refractivity contribution is 6.08. The molecule has 4 heteroatoms. The number of carbonyl (C=O) groups excluding carboxylic acids is 1. The molecule has 1 aromatic carbocycles. The number of ketones is 1. The number of nitrogens with zero attached hydrogens (tertiary/aromatic N) is 1. The van der Waals surface area contributed by atoms with Crippen molar-refractivity contribution < 1.29 is 9.53 Å². The Balaban J connectivity index is 2.13. The molecule has 0 aliphatic heterocycles. The van der Waals surface area contributed by atoms with Gasteiger partial charge in [0.2, 0.25) is 0 Å². The zero-order chi connectivity index (χ0) is 13.2. The number of carbonyl (C=O) groups is 1. The van der Waals surface area contributed by atoms with Gasteiger partial charge in [-0.2, -0.15) is 0 Å². The first-order chi connectivity index (χ1) is 9.25. The summed E-state index contributed by atoms with van der Waals surface area (Å²) in [4.78, 5) is 18.8. The molecule has 0 aliphatic rings. The van der Waals surface area contributed by atoms with E-state index in [-0.39, 0.29) is 5.78 Å². The van der Waals surface area contributed by atoms with Crippen LogP contribution >= 0.6 is 0 Å². The molecule has 0 saturated carbocycles. The normalized spacial score (nSPS) is 10.6. The SMILES string of the molecule is CC(=O)c1c[nH]c2nccc(Oc3ccccc3)c12. The second-order valence-electron chi connectivity index (χ2n) is 4.21. The minimum absolute atomic E-state index is 0.0165. The molecule has 2 heterocycles. The molecular formula is C15H12N2O2. The van der Waals surface area contributed by atoms with E-state index >= 15 is 0 Å². The van der Waals surface area contributed by atoms with Crippen LogP contribution in [-0.2, 0) is 0 Å². The van der Waals surface area contributed by atoms with Crippen LogP contribution < -0.4 is 4.74 Å². The molecule has 0 fully saturated rings. The Labute approximate surface area is 110 Å². The molecule has 0 atom stereocenters. The van der Waals surface area contributed by atoms with Gasteiger partial charge < -0.3 is 9.72 Å². The van der Waals surface area contributed by atoms with Crippen molar-refractivity contribution in [3.05, 3.63) is 54.4 Å². The standard InChI is InChI=1S/C15H12N2O2/c1-10(18)12-9-17-15-14(12)13(7-8-16-15)19-11-5-3-2-4-6-11/h2-9H,1H3,(H,16,17). The van der Waals surface area contributed by atoms with Gasteiger partial charge in [0.15, 0.2) is 5.78 Å². The van der Waals surface area contributed by atoms with Gasteiger partial charge in [-0.3, -0.25) is 4.79 Å². The highest BCUT2D eigenvalue weighted by Crippen LogP contribution is 2.31. The van der Waals surface area contributed by atoms with E-state index in [1.165, 1.54) is 6.92 Å². The molecule has 0 bridgehead atoms. The van der Waals surface area contributed by atoms with Crippen LogP contribution in [-0.4, -0.2) is 15.8 Å². The van der Waals surface area contributed by atoms with Crippen molar-refractivity contribution in [3.8, 4) is 11.5 Å². The van der Waals surface area contributed by atoms with Crippen LogP contribution in [0.25, 0.3) is 11.0 Å². The number of para-hydroxylation sites is 1. The van der Waals surface area contributed by atoms with Gasteiger partial charge in [0.1, 0.15) is 17.1 Å². The number of H-pyrrole nitrogens is 1. The molecule has 4 nitrogen and oxygen atoms in total. The lowest BCUT2D eigenvalue weighted by molar-refractivity contribution is 0.101. The number of hydrogen-bond donors (Lipinski definition) is 1. The van der Waals surface area contributed by atoms with Crippen molar-refractivity contribution in [3.63, 3.8) is 0 Å². The highest BCUT2D eigenvalue weighted by Gasteiger charge is 2.14. The molecule has 0 saturated heterocycles. The first-order valence-corrected chi connectivity index (χ1v) is 5.95. The van der Waals surface area contributed by atoms with Crippen molar-refractivity contribution >= 4 is 16.8 Å². The number of aromatic amines is 1. The summed E-state index contributed by atoms with van der Waals surface area (Å²) in [5.41, 5.74) is 1.24. The number of Topliss-reactive ketones (excluding diaryl/α,β-unsaturated/α-hetero) is 1. The number of fused-ring (bicyclic) bond motifs is 1. The van der Waals surface area contributed by atoms with Crippen molar-refractivity contribution in [1.29, 1.82) is 0 Å². The smallest absolute Gasteiger partial charge is 0.162 e. The topological polar surface area (TPSA) is 55.0 Å². The fourth-order valence-electron chi connectivity index (χ4n) is 2.00. The number of rotatable bonds is 3. The van der Waals surface area contributed by atoms with Gasteiger partial charge in [0, 0.05) is 18.0 Å². The van der Waals surface area contributed by atoms with Crippen LogP contribution in [0.2, 0.25) is 0 Å². The second kappa shape index (κ2) is 4.57. The Morgan fingerprint density at radius 2 is 2.00 bits per heavy atom. The quantitative estimate of drug-likeness (QED) is 0.725. The molecule has 3 rings (SSSR count). The Hall–Kier alpha value is -2.62. The second-order valence-corrected chi connectivity index (χ2v) is 4.21. The first kappa shape index (κ1) is 11.5. The fraction of sp³-hybridized carbons (Fsp3) is 0.0667. The number of pyridine rings is 1. The minimum Gasteiger partial charge on any atom is -0.457 e. The number of benzene rings is 1. The molecule has 0 aliphatic carbocycles. The Morgan fingerprint density at radius 1 is 1.21 bits per heavy atom. The molecule has 0 amide bonds. The average molecular weight is 252 g/mol. The van der Waals surface area contributed by atoms with Gasteiger partial charge in [0.25, 0.3) is 0 Å². The lowest BCUT2D eigenvalue weighted by atomic mass is 10.1. The zero-order valence-corrected chi connectivity index (χ0v) is 10.4. The molecule has 0 radical (unpaired) electrons. The third kappa shape index (κ3) is 2.08. The van der Waals surface area contributed by atoms with E-state index in [4.69, 9.17) is 4.74 Å². The van der Waals surface area contributed by atoms with Gasteiger partial charge in [-0.05, 0) is 25.1 Å². The third-order valence-electron chi connectivity index (χ3n) is 2.89. The van der Waals surface area contributed by atoms with Crippen LogP contribution in [0.5, 0.6) is 11.5 Å². The summed E-state index contributed by atoms with van der Waals surface area (Å²) >= 11 is 0. The summed E-state index contributed by atoms with van der Waals surface area (Å²) in [5.74, 6) is 1.34. The van der Waals surface area contributed by atoms with E-state index in [1.807, 2.05) is 30.3 Å². The van der Waals surface area contributed by atoms with E-state index < -0.39 is 0 Å². The van der Waals surface area contributed by atoms with E-state index in [0.29, 0.717) is 17.0 Å². The molecular weight excluding hydrogens is 240 g/mol. The van der Waals surface area contributed by atoms with Gasteiger partial charge in [0.05, 0.1) is 5.39 Å². The summed E-state index contributed by atoms with van der Waals surface area (Å²) in [6.45, 7) is 1.53. The Kier molecular flexibility index (Phi) is 2.76. The number of aromatic nitrogens is 2. The fourth-order valence-corrected chi connectivity index (χ4v) is 2.00. The maximum absolute atomic E-state index is 11.6. The van der Waals surface area contributed by atoms with Crippen molar-refractivity contribution in [2.45, 2.75) is 6.92 Å². The van der Waals surface area contributed by atoms with Gasteiger partial charge >= 0.3 is 0 Å². The minimum atomic E-state index is -0.0165. The van der Waals surface area contributed by atoms with Crippen LogP contribution in [0, 0.1) is 0 Å².